The largest absolute Gasteiger partial charge is 0.505 e. The molecule has 31 heavy (non-hydrogen) atoms. The average Bonchev–Trinajstić information content (AvgIpc) is 2.72. The lowest BCUT2D eigenvalue weighted by Crippen LogP contribution is -2.04. The van der Waals surface area contributed by atoms with Gasteiger partial charge in [0.2, 0.25) is 0 Å². The van der Waals surface area contributed by atoms with Crippen molar-refractivity contribution in [3.05, 3.63) is 78.2 Å². The van der Waals surface area contributed by atoms with Gasteiger partial charge in [0.05, 0.1) is 31.2 Å². The Bertz CT molecular complexity index is 1070. The molecule has 3 aromatic rings. The third-order valence-electron chi connectivity index (χ3n) is 4.25. The molecule has 0 saturated carbocycles. The van der Waals surface area contributed by atoms with E-state index in [-0.39, 0.29) is 15.8 Å². The molecule has 0 atom stereocenters. The minimum Gasteiger partial charge on any atom is -0.505 e. The highest BCUT2D eigenvalue weighted by molar-refractivity contribution is 9.10. The van der Waals surface area contributed by atoms with E-state index in [1.807, 2.05) is 25.1 Å². The van der Waals surface area contributed by atoms with Crippen molar-refractivity contribution in [3.8, 4) is 17.2 Å². The zero-order chi connectivity index (χ0) is 22.5. The fourth-order valence-electron chi connectivity index (χ4n) is 2.78. The van der Waals surface area contributed by atoms with Gasteiger partial charge in [-0.2, -0.15) is 0 Å². The predicted molar refractivity (Wildman–Crippen MR) is 132 cm³/mol. The van der Waals surface area contributed by atoms with Gasteiger partial charge in [0.15, 0.2) is 17.2 Å². The summed E-state index contributed by atoms with van der Waals surface area (Å²) in [5, 5.41) is 14.3. The van der Waals surface area contributed by atoms with Crippen LogP contribution in [0.3, 0.4) is 0 Å². The number of nitrogens with one attached hydrogen (secondary N) is 1. The highest BCUT2D eigenvalue weighted by Crippen LogP contribution is 2.39. The molecular weight excluding hydrogens is 548 g/mol. The van der Waals surface area contributed by atoms with Crippen LogP contribution in [0.2, 0.25) is 20.1 Å². The highest BCUT2D eigenvalue weighted by Gasteiger charge is 2.14. The number of phenols is 1. The number of phenolic OH excluding ortho intramolecular Hbond substituents is 1. The Kier molecular flexibility index (Phi) is 8.48. The van der Waals surface area contributed by atoms with Gasteiger partial charge in [-0.15, -0.1) is 0 Å². The second kappa shape index (κ2) is 10.9. The molecule has 4 nitrogen and oxygen atoms in total. The van der Waals surface area contributed by atoms with E-state index in [1.54, 1.807) is 24.3 Å². The summed E-state index contributed by atoms with van der Waals surface area (Å²) in [4.78, 5) is 0. The van der Waals surface area contributed by atoms with Crippen LogP contribution in [-0.4, -0.2) is 11.7 Å². The van der Waals surface area contributed by atoms with E-state index >= 15 is 0 Å². The second-order valence-corrected chi connectivity index (χ2v) is 9.00. The summed E-state index contributed by atoms with van der Waals surface area (Å²) in [6.45, 7) is 3.17. The average molecular weight is 566 g/mol. The normalized spacial score (nSPS) is 10.8. The number of aromatic hydroxyl groups is 1. The quantitative estimate of drug-likeness (QED) is 0.269. The number of ether oxygens (including phenoxy) is 2. The first-order valence-corrected chi connectivity index (χ1v) is 11.5. The molecule has 0 fully saturated rings. The SMILES string of the molecule is CCOc1cc(CNc2cc(Cl)c(O)c(Cl)c2)cc(Br)c1OCc1ccc(Cl)c(Cl)c1. The van der Waals surface area contributed by atoms with Crippen LogP contribution in [0.4, 0.5) is 5.69 Å². The van der Waals surface area contributed by atoms with E-state index in [0.717, 1.165) is 15.6 Å². The lowest BCUT2D eigenvalue weighted by Gasteiger charge is -2.16. The van der Waals surface area contributed by atoms with Crippen molar-refractivity contribution in [2.24, 2.45) is 0 Å². The van der Waals surface area contributed by atoms with Crippen molar-refractivity contribution >= 4 is 68.0 Å². The van der Waals surface area contributed by atoms with Crippen LogP contribution in [0.1, 0.15) is 18.1 Å². The molecule has 164 valence electrons. The molecule has 0 bridgehead atoms. The van der Waals surface area contributed by atoms with Crippen LogP contribution in [0.25, 0.3) is 0 Å². The van der Waals surface area contributed by atoms with Crippen LogP contribution in [-0.2, 0) is 13.2 Å². The Labute approximate surface area is 209 Å². The molecule has 3 rings (SSSR count). The molecule has 0 aliphatic heterocycles. The Morgan fingerprint density at radius 3 is 2.23 bits per heavy atom. The Morgan fingerprint density at radius 2 is 1.58 bits per heavy atom. The Hall–Kier alpha value is -1.50. The lowest BCUT2D eigenvalue weighted by atomic mass is 10.2. The van der Waals surface area contributed by atoms with E-state index in [4.69, 9.17) is 55.9 Å². The van der Waals surface area contributed by atoms with E-state index in [2.05, 4.69) is 21.2 Å². The monoisotopic (exact) mass is 563 g/mol. The number of rotatable bonds is 8. The molecule has 0 aliphatic carbocycles. The highest BCUT2D eigenvalue weighted by atomic mass is 79.9. The van der Waals surface area contributed by atoms with Crippen LogP contribution in [0, 0.1) is 0 Å². The van der Waals surface area contributed by atoms with Gasteiger partial charge < -0.3 is 19.9 Å². The molecular formula is C22H18BrCl4NO3. The molecule has 0 aliphatic rings. The lowest BCUT2D eigenvalue weighted by molar-refractivity contribution is 0.267. The van der Waals surface area contributed by atoms with E-state index < -0.39 is 0 Å². The summed E-state index contributed by atoms with van der Waals surface area (Å²) in [5.41, 5.74) is 2.51. The van der Waals surface area contributed by atoms with Crippen molar-refractivity contribution in [2.45, 2.75) is 20.1 Å². The summed E-state index contributed by atoms with van der Waals surface area (Å²) in [6.07, 6.45) is 0. The predicted octanol–water partition coefficient (Wildman–Crippen LogP) is 8.36. The molecule has 2 N–H and O–H groups in total. The summed E-state index contributed by atoms with van der Waals surface area (Å²) in [7, 11) is 0. The molecule has 0 radical (unpaired) electrons. The first-order valence-electron chi connectivity index (χ1n) is 9.22. The van der Waals surface area contributed by atoms with Gasteiger partial charge in [-0.05, 0) is 70.4 Å². The molecule has 0 heterocycles. The fourth-order valence-corrected chi connectivity index (χ4v) is 4.19. The van der Waals surface area contributed by atoms with Crippen LogP contribution >= 0.6 is 62.3 Å². The maximum absolute atomic E-state index is 9.70. The van der Waals surface area contributed by atoms with Crippen molar-refractivity contribution in [3.63, 3.8) is 0 Å². The van der Waals surface area contributed by atoms with Crippen molar-refractivity contribution in [2.75, 3.05) is 11.9 Å². The molecule has 0 amide bonds. The second-order valence-electron chi connectivity index (χ2n) is 6.52. The summed E-state index contributed by atoms with van der Waals surface area (Å²) >= 11 is 27.6. The Balaban J connectivity index is 1.77. The van der Waals surface area contributed by atoms with Gasteiger partial charge >= 0.3 is 0 Å². The van der Waals surface area contributed by atoms with Gasteiger partial charge in [-0.1, -0.05) is 52.5 Å². The zero-order valence-corrected chi connectivity index (χ0v) is 20.9. The smallest absolute Gasteiger partial charge is 0.175 e. The minimum absolute atomic E-state index is 0.140. The maximum Gasteiger partial charge on any atom is 0.175 e. The maximum atomic E-state index is 9.70. The Morgan fingerprint density at radius 1 is 0.871 bits per heavy atom. The number of anilines is 1. The van der Waals surface area contributed by atoms with Gasteiger partial charge in [0.25, 0.3) is 0 Å². The zero-order valence-electron chi connectivity index (χ0n) is 16.3. The standard InChI is InChI=1S/C22H18BrCl4NO3/c1-2-30-20-7-13(10-28-14-8-18(26)21(29)19(27)9-14)5-15(23)22(20)31-11-12-3-4-16(24)17(25)6-12/h3-9,28-29H,2,10-11H2,1H3. The third-order valence-corrected chi connectivity index (χ3v) is 6.15. The number of hydrogen-bond donors (Lipinski definition) is 2. The van der Waals surface area contributed by atoms with E-state index in [1.165, 1.54) is 0 Å². The van der Waals surface area contributed by atoms with Crippen LogP contribution in [0.15, 0.2) is 46.9 Å². The summed E-state index contributed by atoms with van der Waals surface area (Å²) < 4.78 is 12.5. The van der Waals surface area contributed by atoms with Gasteiger partial charge in [-0.25, -0.2) is 0 Å². The van der Waals surface area contributed by atoms with Crippen LogP contribution in [0.5, 0.6) is 17.2 Å². The molecule has 0 aromatic heterocycles. The molecule has 0 unspecified atom stereocenters. The summed E-state index contributed by atoms with van der Waals surface area (Å²) in [6, 6.07) is 12.4. The number of hydrogen-bond acceptors (Lipinski definition) is 4. The number of benzene rings is 3. The topological polar surface area (TPSA) is 50.7 Å². The molecule has 0 spiro atoms. The number of halogens is 5. The molecule has 9 heteroatoms. The minimum atomic E-state index is -0.140. The molecule has 3 aromatic carbocycles. The van der Waals surface area contributed by atoms with E-state index in [0.29, 0.717) is 47.0 Å². The van der Waals surface area contributed by atoms with Gasteiger partial charge in [0.1, 0.15) is 6.61 Å². The van der Waals surface area contributed by atoms with Crippen LogP contribution < -0.4 is 14.8 Å². The van der Waals surface area contributed by atoms with E-state index in [9.17, 15) is 5.11 Å². The first-order chi connectivity index (χ1) is 14.8. The van der Waals surface area contributed by atoms with Crippen molar-refractivity contribution in [1.82, 2.24) is 0 Å². The third kappa shape index (κ3) is 6.27. The summed E-state index contributed by atoms with van der Waals surface area (Å²) in [5.74, 6) is 1.06. The van der Waals surface area contributed by atoms with Crippen molar-refractivity contribution < 1.29 is 14.6 Å². The molecule has 0 saturated heterocycles. The van der Waals surface area contributed by atoms with Gasteiger partial charge in [-0.3, -0.25) is 0 Å². The van der Waals surface area contributed by atoms with Crippen molar-refractivity contribution in [1.29, 1.82) is 0 Å². The first kappa shape index (κ1) is 24.1. The fraction of sp³-hybridized carbons (Fsp3) is 0.182. The van der Waals surface area contributed by atoms with Gasteiger partial charge in [0, 0.05) is 12.2 Å².